The van der Waals surface area contributed by atoms with Gasteiger partial charge in [0.1, 0.15) is 5.60 Å². The lowest BCUT2D eigenvalue weighted by Gasteiger charge is -2.19. The van der Waals surface area contributed by atoms with Gasteiger partial charge in [0.15, 0.2) is 0 Å². The summed E-state index contributed by atoms with van der Waals surface area (Å²) in [6, 6.07) is 6.68. The molecule has 25 heavy (non-hydrogen) atoms. The highest BCUT2D eigenvalue weighted by Gasteiger charge is 2.15. The van der Waals surface area contributed by atoms with E-state index in [0.29, 0.717) is 13.1 Å². The molecule has 1 aromatic carbocycles. The zero-order chi connectivity index (χ0) is 18.9. The number of nitrogens with one attached hydrogen (secondary N) is 2. The Morgan fingerprint density at radius 2 is 2.00 bits per heavy atom. The summed E-state index contributed by atoms with van der Waals surface area (Å²) in [6.45, 7) is 8.42. The van der Waals surface area contributed by atoms with E-state index in [1.165, 1.54) is 6.07 Å². The Morgan fingerprint density at radius 1 is 1.32 bits per heavy atom. The van der Waals surface area contributed by atoms with Gasteiger partial charge in [-0.2, -0.15) is 0 Å². The minimum absolute atomic E-state index is 0.0309. The molecule has 0 fully saturated rings. The van der Waals surface area contributed by atoms with E-state index in [-0.39, 0.29) is 11.7 Å². The molecule has 138 valence electrons. The predicted octanol–water partition coefficient (Wildman–Crippen LogP) is 3.72. The third-order valence-corrected chi connectivity index (χ3v) is 3.30. The topological polar surface area (TPSA) is 93.5 Å². The van der Waals surface area contributed by atoms with E-state index >= 15 is 0 Å². The van der Waals surface area contributed by atoms with Crippen LogP contribution in [-0.2, 0) is 4.74 Å². The Hall–Kier alpha value is -2.41. The van der Waals surface area contributed by atoms with Gasteiger partial charge in [-0.25, -0.2) is 4.79 Å². The van der Waals surface area contributed by atoms with Gasteiger partial charge in [-0.15, -0.1) is 0 Å². The van der Waals surface area contributed by atoms with Gasteiger partial charge in [0.05, 0.1) is 4.92 Å². The van der Waals surface area contributed by atoms with E-state index in [1.54, 1.807) is 12.1 Å². The lowest BCUT2D eigenvalue weighted by atomic mass is 10.0. The maximum atomic E-state index is 11.5. The predicted molar refractivity (Wildman–Crippen MR) is 97.5 cm³/mol. The number of carbonyl (C=O) groups excluding carboxylic acids is 1. The molecule has 1 rings (SSSR count). The smallest absolute Gasteiger partial charge is 0.407 e. The molecule has 7 heteroatoms. The number of rotatable bonds is 8. The Bertz CT molecular complexity index is 609. The first-order valence-electron chi connectivity index (χ1n) is 8.32. The van der Waals surface area contributed by atoms with Crippen LogP contribution in [-0.4, -0.2) is 29.7 Å². The van der Waals surface area contributed by atoms with Gasteiger partial charge in [-0.3, -0.25) is 10.1 Å². The van der Waals surface area contributed by atoms with Crippen LogP contribution in [0.1, 0.15) is 45.7 Å². The van der Waals surface area contributed by atoms with Gasteiger partial charge in [0.25, 0.3) is 5.69 Å². The van der Waals surface area contributed by atoms with Crippen molar-refractivity contribution in [1.29, 1.82) is 0 Å². The highest BCUT2D eigenvalue weighted by Crippen LogP contribution is 2.21. The van der Waals surface area contributed by atoms with Gasteiger partial charge in [0, 0.05) is 31.3 Å². The average molecular weight is 349 g/mol. The maximum absolute atomic E-state index is 11.5. The number of nitro benzene ring substituents is 1. The molecular formula is C18H27N3O4. The molecule has 0 aliphatic rings. The van der Waals surface area contributed by atoms with Crippen LogP contribution >= 0.6 is 0 Å². The highest BCUT2D eigenvalue weighted by atomic mass is 16.6. The van der Waals surface area contributed by atoms with E-state index in [2.05, 4.69) is 10.6 Å². The molecule has 0 saturated heterocycles. The van der Waals surface area contributed by atoms with Crippen molar-refractivity contribution in [3.63, 3.8) is 0 Å². The van der Waals surface area contributed by atoms with Crippen molar-refractivity contribution in [2.45, 2.75) is 45.8 Å². The molecule has 1 aromatic rings. The summed E-state index contributed by atoms with van der Waals surface area (Å²) in [5, 5.41) is 16.8. The van der Waals surface area contributed by atoms with Crippen molar-refractivity contribution >= 4 is 11.8 Å². The summed E-state index contributed by atoms with van der Waals surface area (Å²) in [4.78, 5) is 22.0. The Kier molecular flexibility index (Phi) is 8.07. The van der Waals surface area contributed by atoms with Gasteiger partial charge >= 0.3 is 6.09 Å². The fraction of sp³-hybridized carbons (Fsp3) is 0.500. The quantitative estimate of drug-likeness (QED) is 0.424. The number of amides is 1. The van der Waals surface area contributed by atoms with Crippen molar-refractivity contribution < 1.29 is 14.5 Å². The van der Waals surface area contributed by atoms with E-state index in [1.807, 2.05) is 45.9 Å². The number of benzene rings is 1. The SMILES string of the molecule is CCC(NC/C=C/CNC(=O)OC(C)(C)C)c1cccc([N+](=O)[O-])c1. The van der Waals surface area contributed by atoms with Gasteiger partial charge in [0.2, 0.25) is 0 Å². The number of nitrogens with zero attached hydrogens (tertiary/aromatic N) is 1. The second-order valence-corrected chi connectivity index (χ2v) is 6.58. The van der Waals surface area contributed by atoms with Crippen LogP contribution in [0.5, 0.6) is 0 Å². The van der Waals surface area contributed by atoms with Gasteiger partial charge < -0.3 is 15.4 Å². The summed E-state index contributed by atoms with van der Waals surface area (Å²) < 4.78 is 5.13. The molecule has 0 aliphatic carbocycles. The maximum Gasteiger partial charge on any atom is 0.407 e. The molecule has 0 aliphatic heterocycles. The van der Waals surface area contributed by atoms with Crippen molar-refractivity contribution in [2.24, 2.45) is 0 Å². The molecule has 0 radical (unpaired) electrons. The highest BCUT2D eigenvalue weighted by molar-refractivity contribution is 5.67. The summed E-state index contributed by atoms with van der Waals surface area (Å²) in [5.41, 5.74) is 0.467. The fourth-order valence-corrected chi connectivity index (χ4v) is 2.19. The first-order valence-corrected chi connectivity index (χ1v) is 8.32. The summed E-state index contributed by atoms with van der Waals surface area (Å²) in [7, 11) is 0. The van der Waals surface area contributed by atoms with Crippen molar-refractivity contribution in [1.82, 2.24) is 10.6 Å². The lowest BCUT2D eigenvalue weighted by molar-refractivity contribution is -0.384. The van der Waals surface area contributed by atoms with Gasteiger partial charge in [-0.05, 0) is 32.8 Å². The molecule has 1 amide bonds. The van der Waals surface area contributed by atoms with Crippen LogP contribution in [0.15, 0.2) is 36.4 Å². The molecule has 0 saturated carbocycles. The van der Waals surface area contributed by atoms with E-state index in [9.17, 15) is 14.9 Å². The van der Waals surface area contributed by atoms with Gasteiger partial charge in [-0.1, -0.05) is 31.2 Å². The van der Waals surface area contributed by atoms with E-state index < -0.39 is 16.6 Å². The minimum atomic E-state index is -0.512. The number of non-ortho nitro benzene ring substituents is 1. The number of alkyl carbamates (subject to hydrolysis) is 1. The van der Waals surface area contributed by atoms with Crippen LogP contribution in [0, 0.1) is 10.1 Å². The van der Waals surface area contributed by atoms with E-state index in [0.717, 1.165) is 12.0 Å². The molecule has 7 nitrogen and oxygen atoms in total. The molecule has 0 heterocycles. The summed E-state index contributed by atoms with van der Waals surface area (Å²) in [6.07, 6.45) is 4.09. The second-order valence-electron chi connectivity index (χ2n) is 6.58. The Morgan fingerprint density at radius 3 is 2.60 bits per heavy atom. The molecule has 1 atom stereocenters. The van der Waals surface area contributed by atoms with Crippen LogP contribution in [0.4, 0.5) is 10.5 Å². The third kappa shape index (κ3) is 8.30. The third-order valence-electron chi connectivity index (χ3n) is 3.30. The summed E-state index contributed by atoms with van der Waals surface area (Å²) in [5.74, 6) is 0. The normalized spacial score (nSPS) is 12.8. The number of carbonyl (C=O) groups is 1. The number of hydrogen-bond donors (Lipinski definition) is 2. The molecule has 1 unspecified atom stereocenters. The van der Waals surface area contributed by atoms with Crippen LogP contribution in [0.2, 0.25) is 0 Å². The summed E-state index contributed by atoms with van der Waals surface area (Å²) >= 11 is 0. The zero-order valence-electron chi connectivity index (χ0n) is 15.2. The Balaban J connectivity index is 2.41. The van der Waals surface area contributed by atoms with E-state index in [4.69, 9.17) is 4.74 Å². The van der Waals surface area contributed by atoms with Crippen molar-refractivity contribution in [3.8, 4) is 0 Å². The van der Waals surface area contributed by atoms with Crippen molar-refractivity contribution in [3.05, 3.63) is 52.1 Å². The molecule has 2 N–H and O–H groups in total. The first kappa shape index (κ1) is 20.6. The zero-order valence-corrected chi connectivity index (χ0v) is 15.2. The largest absolute Gasteiger partial charge is 0.444 e. The molecular weight excluding hydrogens is 322 g/mol. The monoisotopic (exact) mass is 349 g/mol. The van der Waals surface area contributed by atoms with Crippen LogP contribution < -0.4 is 10.6 Å². The van der Waals surface area contributed by atoms with Crippen LogP contribution in [0.25, 0.3) is 0 Å². The number of hydrogen-bond acceptors (Lipinski definition) is 5. The average Bonchev–Trinajstić information content (AvgIpc) is 2.52. The number of nitro groups is 1. The fourth-order valence-electron chi connectivity index (χ4n) is 2.19. The lowest BCUT2D eigenvalue weighted by Crippen LogP contribution is -2.32. The standard InChI is InChI=1S/C18H27N3O4/c1-5-16(14-9-8-10-15(13-14)21(23)24)19-11-6-7-12-20-17(22)25-18(2,3)4/h6-10,13,16,19H,5,11-12H2,1-4H3,(H,20,22)/b7-6+. The van der Waals surface area contributed by atoms with Crippen LogP contribution in [0.3, 0.4) is 0 Å². The molecule has 0 aromatic heterocycles. The first-order chi connectivity index (χ1) is 11.7. The second kappa shape index (κ2) is 9.78. The molecule has 0 spiro atoms. The minimum Gasteiger partial charge on any atom is -0.444 e. The Labute approximate surface area is 148 Å². The number of ether oxygens (including phenoxy) is 1. The van der Waals surface area contributed by atoms with Crippen molar-refractivity contribution in [2.75, 3.05) is 13.1 Å². The molecule has 0 bridgehead atoms.